The molecule has 0 aliphatic heterocycles. The second-order valence-electron chi connectivity index (χ2n) is 4.12. The first-order valence-corrected chi connectivity index (χ1v) is 6.04. The van der Waals surface area contributed by atoms with E-state index in [1.807, 2.05) is 13.8 Å². The number of hydrogen-bond acceptors (Lipinski definition) is 4. The third kappa shape index (κ3) is 4.59. The van der Waals surface area contributed by atoms with Gasteiger partial charge in [-0.15, -0.1) is 0 Å². The Bertz CT molecular complexity index is 472. The lowest BCUT2D eigenvalue weighted by atomic mass is 10.1. The summed E-state index contributed by atoms with van der Waals surface area (Å²) in [7, 11) is 0. The minimum atomic E-state index is -0.229. The van der Waals surface area contributed by atoms with Crippen LogP contribution in [0.4, 0.5) is 5.69 Å². The number of ether oxygens (including phenoxy) is 1. The van der Waals surface area contributed by atoms with E-state index in [9.17, 15) is 4.79 Å². The molecule has 1 aromatic rings. The quantitative estimate of drug-likeness (QED) is 0.238. The van der Waals surface area contributed by atoms with Crippen molar-refractivity contribution in [2.45, 2.75) is 20.3 Å². The molecule has 0 aliphatic rings. The summed E-state index contributed by atoms with van der Waals surface area (Å²) in [4.78, 5) is 11.6. The predicted octanol–water partition coefficient (Wildman–Crippen LogP) is 1.45. The van der Waals surface area contributed by atoms with Crippen molar-refractivity contribution in [2.24, 2.45) is 10.9 Å². The molecule has 1 aromatic carbocycles. The Hall–Kier alpha value is -2.08. The van der Waals surface area contributed by atoms with Crippen LogP contribution in [0.2, 0.25) is 0 Å². The summed E-state index contributed by atoms with van der Waals surface area (Å²) in [5.74, 6) is -0.231. The third-order valence-corrected chi connectivity index (χ3v) is 2.50. The fourth-order valence-corrected chi connectivity index (χ4v) is 1.47. The summed E-state index contributed by atoms with van der Waals surface area (Å²) in [6, 6.07) is 5.16. The second kappa shape index (κ2) is 7.38. The summed E-state index contributed by atoms with van der Waals surface area (Å²) in [6.45, 7) is 4.40. The van der Waals surface area contributed by atoms with Crippen LogP contribution in [0.3, 0.4) is 0 Å². The number of carbonyl (C=O) groups excluding carboxylic acids is 1. The third-order valence-electron chi connectivity index (χ3n) is 2.50. The zero-order valence-electron chi connectivity index (χ0n) is 11.1. The van der Waals surface area contributed by atoms with Crippen LogP contribution in [0.25, 0.3) is 0 Å². The predicted molar refractivity (Wildman–Crippen MR) is 73.4 cm³/mol. The molecule has 0 saturated heterocycles. The summed E-state index contributed by atoms with van der Waals surface area (Å²) < 4.78 is 5.16. The van der Waals surface area contributed by atoms with Crippen molar-refractivity contribution in [1.82, 2.24) is 0 Å². The fraction of sp³-hybridized carbons (Fsp3) is 0.385. The van der Waals surface area contributed by atoms with E-state index in [0.717, 1.165) is 12.0 Å². The van der Waals surface area contributed by atoms with Gasteiger partial charge in [0.05, 0.1) is 0 Å². The van der Waals surface area contributed by atoms with Crippen molar-refractivity contribution in [2.75, 3.05) is 18.5 Å². The topological polar surface area (TPSA) is 96.9 Å². The van der Waals surface area contributed by atoms with Crippen molar-refractivity contribution in [3.8, 4) is 0 Å². The number of nitrogens with zero attached hydrogens (tertiary/aromatic N) is 1. The first-order chi connectivity index (χ1) is 9.08. The van der Waals surface area contributed by atoms with Crippen molar-refractivity contribution in [1.29, 1.82) is 0 Å². The number of amidine groups is 1. The highest BCUT2D eigenvalue weighted by molar-refractivity contribution is 5.99. The lowest BCUT2D eigenvalue weighted by Crippen LogP contribution is -2.20. The number of rotatable bonds is 6. The summed E-state index contributed by atoms with van der Waals surface area (Å²) in [5, 5.41) is 14.3. The highest BCUT2D eigenvalue weighted by Gasteiger charge is 2.07. The molecule has 104 valence electrons. The second-order valence-corrected chi connectivity index (χ2v) is 4.12. The van der Waals surface area contributed by atoms with E-state index in [1.165, 1.54) is 0 Å². The van der Waals surface area contributed by atoms with E-state index >= 15 is 0 Å². The normalized spacial score (nSPS) is 11.4. The smallest absolute Gasteiger partial charge is 0.250 e. The molecule has 1 rings (SSSR count). The van der Waals surface area contributed by atoms with Gasteiger partial charge in [0.1, 0.15) is 6.61 Å². The van der Waals surface area contributed by atoms with Gasteiger partial charge >= 0.3 is 0 Å². The Morgan fingerprint density at radius 3 is 2.89 bits per heavy atom. The molecule has 1 amide bonds. The van der Waals surface area contributed by atoms with Gasteiger partial charge in [-0.3, -0.25) is 4.79 Å². The first-order valence-electron chi connectivity index (χ1n) is 6.04. The van der Waals surface area contributed by atoms with Crippen LogP contribution in [-0.4, -0.2) is 30.2 Å². The van der Waals surface area contributed by atoms with Crippen LogP contribution in [0.15, 0.2) is 23.4 Å². The summed E-state index contributed by atoms with van der Waals surface area (Å²) >= 11 is 0. The average Bonchev–Trinajstić information content (AvgIpc) is 2.40. The molecular weight excluding hydrogens is 246 g/mol. The standard InChI is InChI=1S/C13H19N3O3/c1-3-6-19-8-12(17)15-11-7-10(13(14)16-18)5-4-9(11)2/h4-5,7,18H,3,6,8H2,1-2H3,(H2,14,16)(H,15,17). The largest absolute Gasteiger partial charge is 0.409 e. The van der Waals surface area contributed by atoms with Crippen LogP contribution in [0, 0.1) is 6.92 Å². The first kappa shape index (κ1) is 15.0. The molecule has 6 heteroatoms. The Kier molecular flexibility index (Phi) is 5.81. The molecule has 0 unspecified atom stereocenters. The van der Waals surface area contributed by atoms with Crippen LogP contribution < -0.4 is 11.1 Å². The number of aryl methyl sites for hydroxylation is 1. The van der Waals surface area contributed by atoms with Gasteiger partial charge in [0, 0.05) is 17.9 Å². The van der Waals surface area contributed by atoms with E-state index in [0.29, 0.717) is 17.9 Å². The number of anilines is 1. The molecule has 0 bridgehead atoms. The number of oxime groups is 1. The molecule has 0 heterocycles. The minimum absolute atomic E-state index is 0.00210. The molecule has 6 nitrogen and oxygen atoms in total. The number of carbonyl (C=O) groups is 1. The lowest BCUT2D eigenvalue weighted by Gasteiger charge is -2.10. The minimum Gasteiger partial charge on any atom is -0.409 e. The van der Waals surface area contributed by atoms with Crippen molar-refractivity contribution < 1.29 is 14.7 Å². The van der Waals surface area contributed by atoms with Crippen molar-refractivity contribution in [3.63, 3.8) is 0 Å². The van der Waals surface area contributed by atoms with Gasteiger partial charge in [0.15, 0.2) is 5.84 Å². The Morgan fingerprint density at radius 2 is 2.26 bits per heavy atom. The molecule has 0 aromatic heterocycles. The number of amides is 1. The SMILES string of the molecule is CCCOCC(=O)Nc1cc(/C(N)=N/O)ccc1C. The molecule has 0 fully saturated rings. The van der Waals surface area contributed by atoms with Gasteiger partial charge in [0.2, 0.25) is 5.91 Å². The number of benzene rings is 1. The molecule has 19 heavy (non-hydrogen) atoms. The van der Waals surface area contributed by atoms with E-state index in [4.69, 9.17) is 15.7 Å². The zero-order chi connectivity index (χ0) is 14.3. The van der Waals surface area contributed by atoms with Crippen LogP contribution in [0.1, 0.15) is 24.5 Å². The van der Waals surface area contributed by atoms with E-state index < -0.39 is 0 Å². The maximum atomic E-state index is 11.6. The molecular formula is C13H19N3O3. The molecule has 0 saturated carbocycles. The van der Waals surface area contributed by atoms with E-state index in [2.05, 4.69) is 10.5 Å². The molecule has 0 spiro atoms. The van der Waals surface area contributed by atoms with Crippen molar-refractivity contribution in [3.05, 3.63) is 29.3 Å². The van der Waals surface area contributed by atoms with Gasteiger partial charge < -0.3 is 21.0 Å². The van der Waals surface area contributed by atoms with Gasteiger partial charge in [-0.25, -0.2) is 0 Å². The van der Waals surface area contributed by atoms with Gasteiger partial charge in [0.25, 0.3) is 0 Å². The van der Waals surface area contributed by atoms with E-state index in [-0.39, 0.29) is 18.3 Å². The lowest BCUT2D eigenvalue weighted by molar-refractivity contribution is -0.120. The number of nitrogens with two attached hydrogens (primary N) is 1. The van der Waals surface area contributed by atoms with Gasteiger partial charge in [-0.1, -0.05) is 24.2 Å². The van der Waals surface area contributed by atoms with Gasteiger partial charge in [-0.2, -0.15) is 0 Å². The van der Waals surface area contributed by atoms with Crippen LogP contribution >= 0.6 is 0 Å². The monoisotopic (exact) mass is 265 g/mol. The molecule has 4 N–H and O–H groups in total. The Morgan fingerprint density at radius 1 is 1.53 bits per heavy atom. The maximum Gasteiger partial charge on any atom is 0.250 e. The highest BCUT2D eigenvalue weighted by Crippen LogP contribution is 2.16. The number of hydrogen-bond donors (Lipinski definition) is 3. The maximum absolute atomic E-state index is 11.6. The average molecular weight is 265 g/mol. The van der Waals surface area contributed by atoms with E-state index in [1.54, 1.807) is 18.2 Å². The summed E-state index contributed by atoms with van der Waals surface area (Å²) in [6.07, 6.45) is 0.866. The Labute approximate surface area is 112 Å². The van der Waals surface area contributed by atoms with Gasteiger partial charge in [-0.05, 0) is 25.0 Å². The molecule has 0 radical (unpaired) electrons. The molecule has 0 atom stereocenters. The molecule has 0 aliphatic carbocycles. The highest BCUT2D eigenvalue weighted by atomic mass is 16.5. The summed E-state index contributed by atoms with van der Waals surface area (Å²) in [5.41, 5.74) is 7.55. The zero-order valence-corrected chi connectivity index (χ0v) is 11.1. The van der Waals surface area contributed by atoms with Crippen LogP contribution in [0.5, 0.6) is 0 Å². The fourth-order valence-electron chi connectivity index (χ4n) is 1.47. The van der Waals surface area contributed by atoms with Crippen LogP contribution in [-0.2, 0) is 9.53 Å². The van der Waals surface area contributed by atoms with Crippen molar-refractivity contribution >= 4 is 17.4 Å². The Balaban J connectivity index is 2.74. The number of nitrogens with one attached hydrogen (secondary N) is 1.